The summed E-state index contributed by atoms with van der Waals surface area (Å²) in [5, 5.41) is 0. The van der Waals surface area contributed by atoms with Gasteiger partial charge in [-0.15, -0.1) is 0 Å². The van der Waals surface area contributed by atoms with Gasteiger partial charge < -0.3 is 0 Å². The molecule has 0 nitrogen and oxygen atoms in total. The standard InChI is InChI=1S/C13H20/c1-3-11(2)12-7-6-10-13(12)8-4-5-9-13/h4-7,11-12H,3,8-10H2,1-2H3. The zero-order valence-corrected chi connectivity index (χ0v) is 8.79. The normalized spacial score (nSPS) is 31.7. The van der Waals surface area contributed by atoms with Crippen LogP contribution in [0.5, 0.6) is 0 Å². The van der Waals surface area contributed by atoms with Crippen LogP contribution in [0.15, 0.2) is 24.3 Å². The van der Waals surface area contributed by atoms with Crippen molar-refractivity contribution in [3.8, 4) is 0 Å². The van der Waals surface area contributed by atoms with Gasteiger partial charge in [0, 0.05) is 0 Å². The molecule has 0 aliphatic heterocycles. The minimum absolute atomic E-state index is 0.607. The van der Waals surface area contributed by atoms with E-state index in [-0.39, 0.29) is 0 Å². The van der Waals surface area contributed by atoms with Gasteiger partial charge in [0.1, 0.15) is 0 Å². The second kappa shape index (κ2) is 3.32. The quantitative estimate of drug-likeness (QED) is 0.559. The summed E-state index contributed by atoms with van der Waals surface area (Å²) in [4.78, 5) is 0. The van der Waals surface area contributed by atoms with E-state index in [9.17, 15) is 0 Å². The number of rotatable bonds is 2. The molecule has 72 valence electrons. The second-order valence-electron chi connectivity index (χ2n) is 4.79. The summed E-state index contributed by atoms with van der Waals surface area (Å²) in [6.07, 6.45) is 14.9. The first-order valence-corrected chi connectivity index (χ1v) is 5.60. The lowest BCUT2D eigenvalue weighted by Gasteiger charge is -2.35. The van der Waals surface area contributed by atoms with E-state index in [1.807, 2.05) is 0 Å². The van der Waals surface area contributed by atoms with Crippen LogP contribution in [-0.2, 0) is 0 Å². The Kier molecular flexibility index (Phi) is 2.31. The van der Waals surface area contributed by atoms with E-state index in [0.29, 0.717) is 5.41 Å². The van der Waals surface area contributed by atoms with Gasteiger partial charge in [-0.25, -0.2) is 0 Å². The lowest BCUT2D eigenvalue weighted by atomic mass is 9.69. The summed E-state index contributed by atoms with van der Waals surface area (Å²) in [5.74, 6) is 1.70. The third-order valence-corrected chi connectivity index (χ3v) is 4.05. The van der Waals surface area contributed by atoms with Gasteiger partial charge in [0.25, 0.3) is 0 Å². The lowest BCUT2D eigenvalue weighted by molar-refractivity contribution is 0.178. The van der Waals surface area contributed by atoms with E-state index in [2.05, 4.69) is 38.2 Å². The van der Waals surface area contributed by atoms with Crippen LogP contribution < -0.4 is 0 Å². The van der Waals surface area contributed by atoms with Crippen LogP contribution in [-0.4, -0.2) is 0 Å². The summed E-state index contributed by atoms with van der Waals surface area (Å²) in [6.45, 7) is 4.72. The maximum absolute atomic E-state index is 2.47. The lowest BCUT2D eigenvalue weighted by Crippen LogP contribution is -2.27. The Labute approximate surface area is 81.7 Å². The SMILES string of the molecule is CCC(C)C1C=CCC12CC=CC2. The van der Waals surface area contributed by atoms with Crippen LogP contribution in [0.3, 0.4) is 0 Å². The van der Waals surface area contributed by atoms with Gasteiger partial charge in [0.05, 0.1) is 0 Å². The van der Waals surface area contributed by atoms with E-state index in [1.165, 1.54) is 25.7 Å². The topological polar surface area (TPSA) is 0 Å². The summed E-state index contributed by atoms with van der Waals surface area (Å²) < 4.78 is 0. The molecule has 0 amide bonds. The molecule has 0 fully saturated rings. The highest BCUT2D eigenvalue weighted by molar-refractivity contribution is 5.17. The van der Waals surface area contributed by atoms with Crippen molar-refractivity contribution in [3.05, 3.63) is 24.3 Å². The molecule has 13 heavy (non-hydrogen) atoms. The average Bonchev–Trinajstić information content (AvgIpc) is 2.76. The Morgan fingerprint density at radius 2 is 1.85 bits per heavy atom. The summed E-state index contributed by atoms with van der Waals surface area (Å²) in [5.41, 5.74) is 0.607. The molecule has 0 heterocycles. The van der Waals surface area contributed by atoms with Crippen molar-refractivity contribution in [1.29, 1.82) is 0 Å². The van der Waals surface area contributed by atoms with E-state index >= 15 is 0 Å². The largest absolute Gasteiger partial charge is 0.0879 e. The molecule has 2 aliphatic carbocycles. The Morgan fingerprint density at radius 1 is 1.23 bits per heavy atom. The highest BCUT2D eigenvalue weighted by Crippen LogP contribution is 2.51. The van der Waals surface area contributed by atoms with Gasteiger partial charge in [0.15, 0.2) is 0 Å². The molecule has 2 unspecified atom stereocenters. The van der Waals surface area contributed by atoms with Crippen molar-refractivity contribution < 1.29 is 0 Å². The first-order chi connectivity index (χ1) is 6.28. The minimum atomic E-state index is 0.607. The Balaban J connectivity index is 2.13. The summed E-state index contributed by atoms with van der Waals surface area (Å²) in [7, 11) is 0. The molecule has 0 radical (unpaired) electrons. The van der Waals surface area contributed by atoms with E-state index < -0.39 is 0 Å². The van der Waals surface area contributed by atoms with Crippen LogP contribution in [0.4, 0.5) is 0 Å². The first-order valence-electron chi connectivity index (χ1n) is 5.60. The highest BCUT2D eigenvalue weighted by atomic mass is 14.5. The average molecular weight is 176 g/mol. The fourth-order valence-electron chi connectivity index (χ4n) is 2.99. The smallest absolute Gasteiger partial charge is 0.0129 e. The Bertz CT molecular complexity index is 221. The van der Waals surface area contributed by atoms with Crippen molar-refractivity contribution in [2.24, 2.45) is 17.3 Å². The molecule has 0 heteroatoms. The second-order valence-corrected chi connectivity index (χ2v) is 4.79. The van der Waals surface area contributed by atoms with Crippen molar-refractivity contribution >= 4 is 0 Å². The molecule has 0 saturated carbocycles. The predicted octanol–water partition coefficient (Wildman–Crippen LogP) is 3.95. The third-order valence-electron chi connectivity index (χ3n) is 4.05. The number of hydrogen-bond acceptors (Lipinski definition) is 0. The molecule has 0 aromatic carbocycles. The maximum Gasteiger partial charge on any atom is -0.0129 e. The molecular formula is C13H20. The molecule has 2 atom stereocenters. The van der Waals surface area contributed by atoms with Crippen LogP contribution in [0.2, 0.25) is 0 Å². The Morgan fingerprint density at radius 3 is 2.46 bits per heavy atom. The van der Waals surface area contributed by atoms with Gasteiger partial charge in [-0.3, -0.25) is 0 Å². The first kappa shape index (κ1) is 9.05. The van der Waals surface area contributed by atoms with Gasteiger partial charge in [-0.05, 0) is 36.5 Å². The fourth-order valence-corrected chi connectivity index (χ4v) is 2.99. The predicted molar refractivity (Wildman–Crippen MR) is 57.5 cm³/mol. The summed E-state index contributed by atoms with van der Waals surface area (Å²) >= 11 is 0. The van der Waals surface area contributed by atoms with Crippen LogP contribution in [0.25, 0.3) is 0 Å². The zero-order valence-electron chi connectivity index (χ0n) is 8.79. The van der Waals surface area contributed by atoms with Crippen LogP contribution in [0, 0.1) is 17.3 Å². The van der Waals surface area contributed by atoms with Crippen LogP contribution in [0.1, 0.15) is 39.5 Å². The van der Waals surface area contributed by atoms with Gasteiger partial charge in [-0.2, -0.15) is 0 Å². The molecule has 1 spiro atoms. The Hall–Kier alpha value is -0.520. The highest BCUT2D eigenvalue weighted by Gasteiger charge is 2.41. The maximum atomic E-state index is 2.47. The number of hydrogen-bond donors (Lipinski definition) is 0. The zero-order chi connectivity index (χ0) is 9.31. The van der Waals surface area contributed by atoms with Gasteiger partial charge in [0.2, 0.25) is 0 Å². The van der Waals surface area contributed by atoms with Gasteiger partial charge in [-0.1, -0.05) is 44.6 Å². The van der Waals surface area contributed by atoms with Crippen LogP contribution >= 0.6 is 0 Å². The number of allylic oxidation sites excluding steroid dienone is 4. The minimum Gasteiger partial charge on any atom is -0.0879 e. The van der Waals surface area contributed by atoms with Crippen molar-refractivity contribution in [2.45, 2.75) is 39.5 Å². The molecule has 2 rings (SSSR count). The molecule has 0 bridgehead atoms. The van der Waals surface area contributed by atoms with Crippen molar-refractivity contribution in [3.63, 3.8) is 0 Å². The van der Waals surface area contributed by atoms with Crippen molar-refractivity contribution in [1.82, 2.24) is 0 Å². The molecule has 0 N–H and O–H groups in total. The molecular weight excluding hydrogens is 156 g/mol. The molecule has 2 aliphatic rings. The molecule has 0 saturated heterocycles. The third kappa shape index (κ3) is 1.37. The summed E-state index contributed by atoms with van der Waals surface area (Å²) in [6, 6.07) is 0. The molecule has 0 aromatic rings. The molecule has 0 aromatic heterocycles. The fraction of sp³-hybridized carbons (Fsp3) is 0.692. The van der Waals surface area contributed by atoms with E-state index in [1.54, 1.807) is 0 Å². The monoisotopic (exact) mass is 176 g/mol. The van der Waals surface area contributed by atoms with E-state index in [0.717, 1.165) is 11.8 Å². The van der Waals surface area contributed by atoms with Gasteiger partial charge >= 0.3 is 0 Å². The van der Waals surface area contributed by atoms with Crippen molar-refractivity contribution in [2.75, 3.05) is 0 Å². The van der Waals surface area contributed by atoms with E-state index in [4.69, 9.17) is 0 Å².